The molecule has 1 aliphatic heterocycles. The van der Waals surface area contributed by atoms with Crippen molar-refractivity contribution in [2.45, 2.75) is 33.6 Å². The van der Waals surface area contributed by atoms with E-state index in [1.807, 2.05) is 0 Å². The molecule has 0 unspecified atom stereocenters. The van der Waals surface area contributed by atoms with Crippen LogP contribution in [0, 0.1) is 5.41 Å². The highest BCUT2D eigenvalue weighted by molar-refractivity contribution is 5.83. The smallest absolute Gasteiger partial charge is 0.333 e. The maximum atomic E-state index is 11.5. The third kappa shape index (κ3) is 2.13. The molecule has 0 radical (unpaired) electrons. The molecule has 0 aromatic heterocycles. The van der Waals surface area contributed by atoms with E-state index in [1.165, 1.54) is 0 Å². The van der Waals surface area contributed by atoms with Crippen LogP contribution in [0.15, 0.2) is 12.3 Å². The predicted octanol–water partition coefficient (Wildman–Crippen LogP) is 1.63. The van der Waals surface area contributed by atoms with E-state index in [9.17, 15) is 9.59 Å². The van der Waals surface area contributed by atoms with Crippen LogP contribution in [0.4, 0.5) is 0 Å². The van der Waals surface area contributed by atoms with E-state index in [1.54, 1.807) is 20.8 Å². The Bertz CT molecular complexity index is 272. The molecule has 14 heavy (non-hydrogen) atoms. The van der Waals surface area contributed by atoms with Crippen LogP contribution in [0.1, 0.15) is 33.6 Å². The topological polar surface area (TPSA) is 46.6 Å². The van der Waals surface area contributed by atoms with Crippen molar-refractivity contribution in [2.24, 2.45) is 5.41 Å². The lowest BCUT2D eigenvalue weighted by atomic mass is 9.98. The van der Waals surface area contributed by atoms with Crippen molar-refractivity contribution in [2.75, 3.05) is 0 Å². The van der Waals surface area contributed by atoms with Crippen molar-refractivity contribution in [3.8, 4) is 0 Å². The molecule has 1 heterocycles. The van der Waals surface area contributed by atoms with E-state index in [2.05, 4.69) is 6.58 Å². The van der Waals surface area contributed by atoms with E-state index < -0.39 is 11.4 Å². The molecule has 0 aromatic carbocycles. The molecule has 0 saturated carbocycles. The van der Waals surface area contributed by atoms with Crippen molar-refractivity contribution in [3.05, 3.63) is 12.3 Å². The number of hydroxylamine groups is 2. The third-order valence-electron chi connectivity index (χ3n) is 1.93. The van der Waals surface area contributed by atoms with E-state index in [0.29, 0.717) is 18.5 Å². The van der Waals surface area contributed by atoms with Crippen molar-refractivity contribution in [3.63, 3.8) is 0 Å². The van der Waals surface area contributed by atoms with Gasteiger partial charge in [0.1, 0.15) is 0 Å². The number of hydrogen-bond donors (Lipinski definition) is 0. The van der Waals surface area contributed by atoms with Crippen LogP contribution in [0.25, 0.3) is 0 Å². The largest absolute Gasteiger partial charge is 0.338 e. The predicted molar refractivity (Wildman–Crippen MR) is 50.8 cm³/mol. The van der Waals surface area contributed by atoms with Gasteiger partial charge in [-0.2, -0.15) is 0 Å². The third-order valence-corrected chi connectivity index (χ3v) is 1.93. The van der Waals surface area contributed by atoms with Gasteiger partial charge in [0.15, 0.2) is 0 Å². The van der Waals surface area contributed by atoms with E-state index in [-0.39, 0.29) is 5.91 Å². The van der Waals surface area contributed by atoms with Gasteiger partial charge in [0.2, 0.25) is 0 Å². The first-order valence-electron chi connectivity index (χ1n) is 4.55. The maximum absolute atomic E-state index is 11.5. The lowest BCUT2D eigenvalue weighted by molar-refractivity contribution is -0.194. The SMILES string of the molecule is C=C1CCC(=O)N1OC(=O)C(C)(C)C. The molecule has 1 rings (SSSR count). The molecule has 1 aliphatic rings. The number of hydrogen-bond acceptors (Lipinski definition) is 3. The summed E-state index contributed by atoms with van der Waals surface area (Å²) in [6.07, 6.45) is 0.937. The number of carbonyl (C=O) groups excluding carboxylic acids is 2. The van der Waals surface area contributed by atoms with Crippen LogP contribution in [0.3, 0.4) is 0 Å². The highest BCUT2D eigenvalue weighted by Gasteiger charge is 2.32. The highest BCUT2D eigenvalue weighted by atomic mass is 16.7. The molecular formula is C10H15NO3. The zero-order valence-corrected chi connectivity index (χ0v) is 8.79. The minimum Gasteiger partial charge on any atom is -0.333 e. The monoisotopic (exact) mass is 197 g/mol. The summed E-state index contributed by atoms with van der Waals surface area (Å²) >= 11 is 0. The van der Waals surface area contributed by atoms with Crippen LogP contribution in [0.2, 0.25) is 0 Å². The van der Waals surface area contributed by atoms with Crippen molar-refractivity contribution < 1.29 is 14.4 Å². The Balaban J connectivity index is 2.65. The lowest BCUT2D eigenvalue weighted by Crippen LogP contribution is -2.33. The number of carbonyl (C=O) groups is 2. The van der Waals surface area contributed by atoms with E-state index in [4.69, 9.17) is 4.84 Å². The van der Waals surface area contributed by atoms with Crippen LogP contribution in [-0.2, 0) is 14.4 Å². The summed E-state index contributed by atoms with van der Waals surface area (Å²) in [5.41, 5.74) is -0.0593. The molecule has 0 aliphatic carbocycles. The first-order valence-corrected chi connectivity index (χ1v) is 4.55. The fraction of sp³-hybridized carbons (Fsp3) is 0.600. The normalized spacial score (nSPS) is 17.5. The summed E-state index contributed by atoms with van der Waals surface area (Å²) in [5, 5.41) is 1.01. The second-order valence-electron chi connectivity index (χ2n) is 4.38. The molecule has 1 fully saturated rings. The van der Waals surface area contributed by atoms with Gasteiger partial charge in [0.25, 0.3) is 5.91 Å². The average molecular weight is 197 g/mol. The summed E-state index contributed by atoms with van der Waals surface area (Å²) < 4.78 is 0. The maximum Gasteiger partial charge on any atom is 0.338 e. The van der Waals surface area contributed by atoms with Crippen LogP contribution in [-0.4, -0.2) is 16.9 Å². The van der Waals surface area contributed by atoms with Gasteiger partial charge in [-0.15, -0.1) is 5.06 Å². The van der Waals surface area contributed by atoms with Gasteiger partial charge in [-0.05, 0) is 27.2 Å². The summed E-state index contributed by atoms with van der Waals surface area (Å²) in [4.78, 5) is 27.6. The number of nitrogens with zero attached hydrogens (tertiary/aromatic N) is 1. The second-order valence-corrected chi connectivity index (χ2v) is 4.38. The number of amides is 1. The first kappa shape index (κ1) is 10.8. The number of rotatable bonds is 1. The van der Waals surface area contributed by atoms with Crippen molar-refractivity contribution >= 4 is 11.9 Å². The lowest BCUT2D eigenvalue weighted by Gasteiger charge is -2.21. The Kier molecular flexibility index (Phi) is 2.64. The molecule has 1 amide bonds. The second kappa shape index (κ2) is 3.44. The fourth-order valence-corrected chi connectivity index (χ4v) is 0.966. The molecule has 0 N–H and O–H groups in total. The van der Waals surface area contributed by atoms with Gasteiger partial charge in [0, 0.05) is 6.42 Å². The number of allylic oxidation sites excluding steroid dienone is 1. The summed E-state index contributed by atoms with van der Waals surface area (Å²) in [5.74, 6) is -0.624. The highest BCUT2D eigenvalue weighted by Crippen LogP contribution is 2.24. The molecule has 0 spiro atoms. The zero-order chi connectivity index (χ0) is 10.9. The van der Waals surface area contributed by atoms with Crippen molar-refractivity contribution in [1.29, 1.82) is 0 Å². The van der Waals surface area contributed by atoms with E-state index >= 15 is 0 Å². The Hall–Kier alpha value is -1.32. The summed E-state index contributed by atoms with van der Waals surface area (Å²) in [6, 6.07) is 0. The van der Waals surface area contributed by atoms with Gasteiger partial charge < -0.3 is 4.84 Å². The van der Waals surface area contributed by atoms with Gasteiger partial charge in [-0.3, -0.25) is 4.79 Å². The Morgan fingerprint density at radius 1 is 1.43 bits per heavy atom. The molecule has 0 aromatic rings. The Labute approximate surface area is 83.5 Å². The quantitative estimate of drug-likeness (QED) is 0.641. The van der Waals surface area contributed by atoms with Gasteiger partial charge in [-0.1, -0.05) is 6.58 Å². The molecule has 1 saturated heterocycles. The minimum absolute atomic E-state index is 0.201. The van der Waals surface area contributed by atoms with Crippen molar-refractivity contribution in [1.82, 2.24) is 5.06 Å². The Morgan fingerprint density at radius 3 is 2.36 bits per heavy atom. The fourth-order valence-electron chi connectivity index (χ4n) is 0.966. The standard InChI is InChI=1S/C10H15NO3/c1-7-5-6-8(12)11(7)14-9(13)10(2,3)4/h1,5-6H2,2-4H3. The van der Waals surface area contributed by atoms with E-state index in [0.717, 1.165) is 5.06 Å². The van der Waals surface area contributed by atoms with Gasteiger partial charge in [0.05, 0.1) is 11.1 Å². The molecule has 78 valence electrons. The molecule has 4 heteroatoms. The first-order chi connectivity index (χ1) is 6.32. The van der Waals surface area contributed by atoms with Crippen LogP contribution < -0.4 is 0 Å². The summed E-state index contributed by atoms with van der Waals surface area (Å²) in [7, 11) is 0. The summed E-state index contributed by atoms with van der Waals surface area (Å²) in [6.45, 7) is 8.85. The average Bonchev–Trinajstić information content (AvgIpc) is 2.34. The molecule has 4 nitrogen and oxygen atoms in total. The van der Waals surface area contributed by atoms with Gasteiger partial charge >= 0.3 is 5.97 Å². The zero-order valence-electron chi connectivity index (χ0n) is 8.79. The minimum atomic E-state index is -0.608. The van der Waals surface area contributed by atoms with Crippen LogP contribution in [0.5, 0.6) is 0 Å². The molecular weight excluding hydrogens is 182 g/mol. The van der Waals surface area contributed by atoms with Gasteiger partial charge in [-0.25, -0.2) is 4.79 Å². The Morgan fingerprint density at radius 2 is 2.00 bits per heavy atom. The molecule has 0 bridgehead atoms. The van der Waals surface area contributed by atoms with Crippen LogP contribution >= 0.6 is 0 Å². The molecule has 0 atom stereocenters.